The van der Waals surface area contributed by atoms with Crippen molar-refractivity contribution in [3.8, 4) is 0 Å². The molecule has 0 bridgehead atoms. The summed E-state index contributed by atoms with van der Waals surface area (Å²) in [6.45, 7) is 5.43. The lowest BCUT2D eigenvalue weighted by Crippen LogP contribution is -2.37. The first-order chi connectivity index (χ1) is 8.20. The summed E-state index contributed by atoms with van der Waals surface area (Å²) in [5.74, 6) is 0. The Labute approximate surface area is 116 Å². The summed E-state index contributed by atoms with van der Waals surface area (Å²) in [5, 5.41) is 4.41. The summed E-state index contributed by atoms with van der Waals surface area (Å²) >= 11 is 9.80. The van der Waals surface area contributed by atoms with Crippen LogP contribution < -0.4 is 10.2 Å². The molecular formula is C13H18BrClN2. The van der Waals surface area contributed by atoms with Crippen molar-refractivity contribution in [2.24, 2.45) is 0 Å². The van der Waals surface area contributed by atoms with Gasteiger partial charge in [0, 0.05) is 23.6 Å². The highest BCUT2D eigenvalue weighted by Crippen LogP contribution is 2.30. The van der Waals surface area contributed by atoms with Crippen LogP contribution in [0.3, 0.4) is 0 Å². The van der Waals surface area contributed by atoms with Crippen LogP contribution in [0.4, 0.5) is 5.69 Å². The lowest BCUT2D eigenvalue weighted by Gasteiger charge is -2.27. The number of nitrogens with zero attached hydrogens (tertiary/aromatic N) is 1. The van der Waals surface area contributed by atoms with Crippen molar-refractivity contribution in [2.45, 2.75) is 25.8 Å². The molecule has 1 heterocycles. The molecule has 17 heavy (non-hydrogen) atoms. The van der Waals surface area contributed by atoms with E-state index in [4.69, 9.17) is 11.6 Å². The van der Waals surface area contributed by atoms with E-state index in [-0.39, 0.29) is 0 Å². The molecule has 1 saturated heterocycles. The summed E-state index contributed by atoms with van der Waals surface area (Å²) in [5.41, 5.74) is 1.14. The molecule has 2 rings (SSSR count). The van der Waals surface area contributed by atoms with Crippen LogP contribution in [-0.2, 0) is 0 Å². The van der Waals surface area contributed by atoms with Crippen molar-refractivity contribution in [3.63, 3.8) is 0 Å². The Morgan fingerprint density at radius 1 is 1.53 bits per heavy atom. The smallest absolute Gasteiger partial charge is 0.0640 e. The molecule has 1 unspecified atom stereocenters. The second-order valence-electron chi connectivity index (χ2n) is 4.45. The first-order valence-corrected chi connectivity index (χ1v) is 7.31. The molecule has 1 aliphatic heterocycles. The van der Waals surface area contributed by atoms with Crippen molar-refractivity contribution >= 4 is 33.2 Å². The zero-order valence-electron chi connectivity index (χ0n) is 10.0. The van der Waals surface area contributed by atoms with Crippen LogP contribution in [0.25, 0.3) is 0 Å². The quantitative estimate of drug-likeness (QED) is 0.895. The zero-order chi connectivity index (χ0) is 12.3. The molecule has 0 amide bonds. The number of rotatable bonds is 2. The van der Waals surface area contributed by atoms with Gasteiger partial charge in [-0.1, -0.05) is 34.5 Å². The molecule has 0 radical (unpaired) electrons. The predicted molar refractivity (Wildman–Crippen MR) is 78.1 cm³/mol. The Morgan fingerprint density at radius 2 is 2.35 bits per heavy atom. The highest BCUT2D eigenvalue weighted by atomic mass is 79.9. The monoisotopic (exact) mass is 316 g/mol. The lowest BCUT2D eigenvalue weighted by molar-refractivity contribution is 0.528. The van der Waals surface area contributed by atoms with Gasteiger partial charge in [0.15, 0.2) is 0 Å². The molecule has 0 saturated carbocycles. The molecule has 0 spiro atoms. The topological polar surface area (TPSA) is 15.3 Å². The lowest BCUT2D eigenvalue weighted by atomic mass is 10.2. The molecule has 94 valence electrons. The molecule has 1 fully saturated rings. The molecule has 1 atom stereocenters. The van der Waals surface area contributed by atoms with E-state index in [9.17, 15) is 0 Å². The number of anilines is 1. The van der Waals surface area contributed by atoms with Crippen LogP contribution in [0.5, 0.6) is 0 Å². The predicted octanol–water partition coefficient (Wildman–Crippen LogP) is 3.68. The SMILES string of the molecule is CCC1CN(c2cc(Br)ccc2Cl)CCCN1. The zero-order valence-corrected chi connectivity index (χ0v) is 12.4. The van der Waals surface area contributed by atoms with E-state index in [1.54, 1.807) is 0 Å². The third kappa shape index (κ3) is 3.36. The van der Waals surface area contributed by atoms with Crippen molar-refractivity contribution in [3.05, 3.63) is 27.7 Å². The van der Waals surface area contributed by atoms with Crippen LogP contribution in [0.1, 0.15) is 19.8 Å². The number of halogens is 2. The fourth-order valence-corrected chi connectivity index (χ4v) is 2.80. The van der Waals surface area contributed by atoms with Gasteiger partial charge in [-0.2, -0.15) is 0 Å². The fraction of sp³-hybridized carbons (Fsp3) is 0.538. The highest BCUT2D eigenvalue weighted by Gasteiger charge is 2.18. The van der Waals surface area contributed by atoms with E-state index in [0.29, 0.717) is 6.04 Å². The number of benzene rings is 1. The third-order valence-corrected chi connectivity index (χ3v) is 4.03. The molecule has 1 aliphatic rings. The minimum atomic E-state index is 0.563. The molecule has 1 N–H and O–H groups in total. The second-order valence-corrected chi connectivity index (χ2v) is 5.78. The number of hydrogen-bond donors (Lipinski definition) is 1. The van der Waals surface area contributed by atoms with Gasteiger partial charge in [0.25, 0.3) is 0 Å². The van der Waals surface area contributed by atoms with Crippen molar-refractivity contribution in [1.29, 1.82) is 0 Å². The van der Waals surface area contributed by atoms with Crippen molar-refractivity contribution in [1.82, 2.24) is 5.32 Å². The summed E-state index contributed by atoms with van der Waals surface area (Å²) in [4.78, 5) is 2.39. The van der Waals surface area contributed by atoms with Crippen LogP contribution in [0.15, 0.2) is 22.7 Å². The van der Waals surface area contributed by atoms with Gasteiger partial charge in [0.05, 0.1) is 10.7 Å². The van der Waals surface area contributed by atoms with Crippen molar-refractivity contribution < 1.29 is 0 Å². The normalized spacial score (nSPS) is 21.4. The minimum Gasteiger partial charge on any atom is -0.369 e. The van der Waals surface area contributed by atoms with E-state index in [1.165, 1.54) is 6.42 Å². The Hall–Kier alpha value is -0.250. The van der Waals surface area contributed by atoms with Gasteiger partial charge in [-0.25, -0.2) is 0 Å². The third-order valence-electron chi connectivity index (χ3n) is 3.22. The van der Waals surface area contributed by atoms with Gasteiger partial charge in [0.2, 0.25) is 0 Å². The minimum absolute atomic E-state index is 0.563. The van der Waals surface area contributed by atoms with Crippen molar-refractivity contribution in [2.75, 3.05) is 24.5 Å². The molecular weight excluding hydrogens is 300 g/mol. The van der Waals surface area contributed by atoms with E-state index in [2.05, 4.69) is 39.1 Å². The summed E-state index contributed by atoms with van der Waals surface area (Å²) in [6.07, 6.45) is 2.32. The van der Waals surface area contributed by atoms with Crippen LogP contribution >= 0.6 is 27.5 Å². The molecule has 0 aliphatic carbocycles. The van der Waals surface area contributed by atoms with E-state index in [1.807, 2.05) is 12.1 Å². The average Bonchev–Trinajstić information content (AvgIpc) is 2.57. The van der Waals surface area contributed by atoms with Crippen LogP contribution in [0.2, 0.25) is 5.02 Å². The second kappa shape index (κ2) is 6.07. The maximum atomic E-state index is 6.29. The molecule has 1 aromatic rings. The van der Waals surface area contributed by atoms with Gasteiger partial charge in [0.1, 0.15) is 0 Å². The summed E-state index contributed by atoms with van der Waals surface area (Å²) in [6, 6.07) is 6.62. The average molecular weight is 318 g/mol. The number of nitrogens with one attached hydrogen (secondary N) is 1. The molecule has 4 heteroatoms. The Balaban J connectivity index is 2.21. The molecule has 2 nitrogen and oxygen atoms in total. The Bertz CT molecular complexity index is 384. The first-order valence-electron chi connectivity index (χ1n) is 6.14. The molecule has 0 aromatic heterocycles. The van der Waals surface area contributed by atoms with Gasteiger partial charge in [-0.05, 0) is 37.6 Å². The Morgan fingerprint density at radius 3 is 3.12 bits per heavy atom. The maximum Gasteiger partial charge on any atom is 0.0640 e. The van der Waals surface area contributed by atoms with E-state index in [0.717, 1.165) is 41.2 Å². The fourth-order valence-electron chi connectivity index (χ4n) is 2.22. The van der Waals surface area contributed by atoms with E-state index < -0.39 is 0 Å². The van der Waals surface area contributed by atoms with Gasteiger partial charge >= 0.3 is 0 Å². The van der Waals surface area contributed by atoms with E-state index >= 15 is 0 Å². The summed E-state index contributed by atoms with van der Waals surface area (Å²) in [7, 11) is 0. The van der Waals surface area contributed by atoms with Gasteiger partial charge < -0.3 is 10.2 Å². The van der Waals surface area contributed by atoms with Crippen LogP contribution in [0, 0.1) is 0 Å². The van der Waals surface area contributed by atoms with Crippen LogP contribution in [-0.4, -0.2) is 25.7 Å². The van der Waals surface area contributed by atoms with Gasteiger partial charge in [-0.15, -0.1) is 0 Å². The summed E-state index contributed by atoms with van der Waals surface area (Å²) < 4.78 is 1.09. The standard InChI is InChI=1S/C13H18BrClN2/c1-2-11-9-17(7-3-6-16-11)13-8-10(14)4-5-12(13)15/h4-5,8,11,16H,2-3,6-7,9H2,1H3. The largest absolute Gasteiger partial charge is 0.369 e. The highest BCUT2D eigenvalue weighted by molar-refractivity contribution is 9.10. The Kier molecular flexibility index (Phi) is 4.71. The maximum absolute atomic E-state index is 6.29. The molecule has 1 aromatic carbocycles. The van der Waals surface area contributed by atoms with Gasteiger partial charge in [-0.3, -0.25) is 0 Å². The first kappa shape index (κ1) is 13.2. The number of hydrogen-bond acceptors (Lipinski definition) is 2.